The maximum atomic E-state index is 12.4. The first-order chi connectivity index (χ1) is 11.4. The Hall–Kier alpha value is -2.41. The number of carbonyl (C=O) groups excluding carboxylic acids is 2. The summed E-state index contributed by atoms with van der Waals surface area (Å²) in [5, 5.41) is 16.9. The van der Waals surface area contributed by atoms with Gasteiger partial charge in [-0.15, -0.1) is 0 Å². The van der Waals surface area contributed by atoms with Crippen LogP contribution in [0.1, 0.15) is 19.4 Å². The third-order valence-corrected chi connectivity index (χ3v) is 3.73. The van der Waals surface area contributed by atoms with Gasteiger partial charge in [-0.3, -0.25) is 19.7 Å². The molecule has 24 heavy (non-hydrogen) atoms. The first-order valence-corrected chi connectivity index (χ1v) is 7.99. The van der Waals surface area contributed by atoms with Gasteiger partial charge in [-0.05, 0) is 11.5 Å². The van der Waals surface area contributed by atoms with Gasteiger partial charge in [0, 0.05) is 13.0 Å². The summed E-state index contributed by atoms with van der Waals surface area (Å²) in [6.45, 7) is 4.48. The molecular formula is C17H23N3O4. The van der Waals surface area contributed by atoms with Crippen molar-refractivity contribution in [2.45, 2.75) is 38.4 Å². The Labute approximate surface area is 140 Å². The van der Waals surface area contributed by atoms with Crippen molar-refractivity contribution in [1.82, 2.24) is 16.0 Å². The van der Waals surface area contributed by atoms with E-state index in [2.05, 4.69) is 16.0 Å². The smallest absolute Gasteiger partial charge is 0.322 e. The van der Waals surface area contributed by atoms with E-state index in [9.17, 15) is 14.4 Å². The minimum atomic E-state index is -1.07. The van der Waals surface area contributed by atoms with E-state index < -0.39 is 30.0 Å². The molecule has 0 saturated carbocycles. The third-order valence-electron chi connectivity index (χ3n) is 3.73. The largest absolute Gasteiger partial charge is 0.480 e. The minimum Gasteiger partial charge on any atom is -0.480 e. The van der Waals surface area contributed by atoms with Gasteiger partial charge in [-0.25, -0.2) is 0 Å². The van der Waals surface area contributed by atoms with Gasteiger partial charge < -0.3 is 15.7 Å². The predicted molar refractivity (Wildman–Crippen MR) is 88.3 cm³/mol. The van der Waals surface area contributed by atoms with Crippen LogP contribution in [-0.4, -0.2) is 47.6 Å². The highest BCUT2D eigenvalue weighted by atomic mass is 16.4. The highest BCUT2D eigenvalue weighted by Crippen LogP contribution is 2.12. The number of carbonyl (C=O) groups is 3. The molecule has 0 aliphatic carbocycles. The van der Waals surface area contributed by atoms with Crippen LogP contribution in [0.3, 0.4) is 0 Å². The lowest BCUT2D eigenvalue weighted by Crippen LogP contribution is -2.50. The standard InChI is InChI=1S/C17H23N3O4/c1-10(2)9-18-15(21)12(8-11-6-4-3-5-7-11)19-16(22)13-14(20-13)17(23)24/h3-7,10,12-14,20H,8-9H2,1-2H3,(H,18,21)(H,19,22)(H,23,24)/t12-,13-,14-/m0/s1. The van der Waals surface area contributed by atoms with Crippen molar-refractivity contribution in [3.63, 3.8) is 0 Å². The van der Waals surface area contributed by atoms with Crippen molar-refractivity contribution in [3.8, 4) is 0 Å². The van der Waals surface area contributed by atoms with E-state index in [1.807, 2.05) is 44.2 Å². The van der Waals surface area contributed by atoms with Gasteiger partial charge in [-0.1, -0.05) is 44.2 Å². The summed E-state index contributed by atoms with van der Waals surface area (Å²) in [4.78, 5) is 35.4. The lowest BCUT2D eigenvalue weighted by Gasteiger charge is -2.19. The molecule has 0 spiro atoms. The van der Waals surface area contributed by atoms with Gasteiger partial charge in [0.15, 0.2) is 0 Å². The van der Waals surface area contributed by atoms with Crippen molar-refractivity contribution >= 4 is 17.8 Å². The summed E-state index contributed by atoms with van der Waals surface area (Å²) in [5.74, 6) is -1.51. The van der Waals surface area contributed by atoms with E-state index in [1.54, 1.807) is 0 Å². The maximum absolute atomic E-state index is 12.4. The van der Waals surface area contributed by atoms with Crippen molar-refractivity contribution < 1.29 is 19.5 Å². The Morgan fingerprint density at radius 1 is 1.17 bits per heavy atom. The zero-order valence-electron chi connectivity index (χ0n) is 13.8. The first kappa shape index (κ1) is 17.9. The lowest BCUT2D eigenvalue weighted by molar-refractivity contribution is -0.137. The van der Waals surface area contributed by atoms with Crippen LogP contribution in [0.4, 0.5) is 0 Å². The number of nitrogens with one attached hydrogen (secondary N) is 3. The SMILES string of the molecule is CC(C)CNC(=O)[C@H](Cc1ccccc1)NC(=O)[C@H]1N[C@@H]1C(=O)O. The molecule has 1 aliphatic heterocycles. The fourth-order valence-electron chi connectivity index (χ4n) is 2.33. The molecule has 1 aromatic carbocycles. The van der Waals surface area contributed by atoms with Gasteiger partial charge in [0.05, 0.1) is 0 Å². The van der Waals surface area contributed by atoms with E-state index in [-0.39, 0.29) is 5.91 Å². The van der Waals surface area contributed by atoms with Crippen molar-refractivity contribution in [1.29, 1.82) is 0 Å². The van der Waals surface area contributed by atoms with Crippen molar-refractivity contribution in [2.24, 2.45) is 5.92 Å². The van der Waals surface area contributed by atoms with Crippen LogP contribution < -0.4 is 16.0 Å². The van der Waals surface area contributed by atoms with Gasteiger partial charge in [0.1, 0.15) is 18.1 Å². The van der Waals surface area contributed by atoms with Crippen molar-refractivity contribution in [2.75, 3.05) is 6.54 Å². The van der Waals surface area contributed by atoms with E-state index in [0.29, 0.717) is 18.9 Å². The highest BCUT2D eigenvalue weighted by Gasteiger charge is 2.48. The summed E-state index contributed by atoms with van der Waals surface area (Å²) in [7, 11) is 0. The average molecular weight is 333 g/mol. The van der Waals surface area contributed by atoms with Crippen LogP contribution in [-0.2, 0) is 20.8 Å². The molecule has 0 bridgehead atoms. The zero-order chi connectivity index (χ0) is 17.7. The van der Waals surface area contributed by atoms with Gasteiger partial charge in [0.2, 0.25) is 11.8 Å². The van der Waals surface area contributed by atoms with Gasteiger partial charge in [-0.2, -0.15) is 0 Å². The third kappa shape index (κ3) is 5.06. The summed E-state index contributed by atoms with van der Waals surface area (Å²) in [5.41, 5.74) is 0.918. The predicted octanol–water partition coefficient (Wildman–Crippen LogP) is -0.0889. The number of amides is 2. The minimum absolute atomic E-state index is 0.270. The number of aliphatic carboxylic acids is 1. The number of rotatable bonds is 8. The number of carboxylic acid groups (broad SMARTS) is 1. The molecule has 3 atom stereocenters. The Morgan fingerprint density at radius 2 is 1.83 bits per heavy atom. The molecule has 7 heteroatoms. The number of benzene rings is 1. The summed E-state index contributed by atoms with van der Waals surface area (Å²) < 4.78 is 0. The highest BCUT2D eigenvalue weighted by molar-refractivity contribution is 5.97. The summed E-state index contributed by atoms with van der Waals surface area (Å²) in [6.07, 6.45) is 0.348. The van der Waals surface area contributed by atoms with E-state index in [1.165, 1.54) is 0 Å². The second-order valence-corrected chi connectivity index (χ2v) is 6.35. The van der Waals surface area contributed by atoms with E-state index in [0.717, 1.165) is 5.56 Å². The van der Waals surface area contributed by atoms with Crippen LogP contribution in [0.2, 0.25) is 0 Å². The Kier molecular flexibility index (Phi) is 5.92. The summed E-state index contributed by atoms with van der Waals surface area (Å²) in [6, 6.07) is 6.97. The van der Waals surface area contributed by atoms with Crippen molar-refractivity contribution in [3.05, 3.63) is 35.9 Å². The van der Waals surface area contributed by atoms with Crippen LogP contribution in [0.25, 0.3) is 0 Å². The number of carboxylic acids is 1. The second-order valence-electron chi connectivity index (χ2n) is 6.35. The number of hydrogen-bond donors (Lipinski definition) is 4. The van der Waals surface area contributed by atoms with Crippen LogP contribution >= 0.6 is 0 Å². The normalized spacial score (nSPS) is 20.3. The molecule has 1 heterocycles. The number of hydrogen-bond acceptors (Lipinski definition) is 4. The topological polar surface area (TPSA) is 117 Å². The second kappa shape index (κ2) is 7.92. The quantitative estimate of drug-likeness (QED) is 0.496. The maximum Gasteiger partial charge on any atom is 0.322 e. The molecule has 0 radical (unpaired) electrons. The van der Waals surface area contributed by atoms with E-state index >= 15 is 0 Å². The van der Waals surface area contributed by atoms with Gasteiger partial charge >= 0.3 is 5.97 Å². The molecule has 1 aliphatic rings. The van der Waals surface area contributed by atoms with Crippen LogP contribution in [0, 0.1) is 5.92 Å². The summed E-state index contributed by atoms with van der Waals surface area (Å²) >= 11 is 0. The Morgan fingerprint density at radius 3 is 2.38 bits per heavy atom. The molecule has 1 fully saturated rings. The molecular weight excluding hydrogens is 310 g/mol. The van der Waals surface area contributed by atoms with Crippen LogP contribution in [0.15, 0.2) is 30.3 Å². The average Bonchev–Trinajstić information content (AvgIpc) is 3.33. The molecule has 0 aromatic heterocycles. The van der Waals surface area contributed by atoms with Gasteiger partial charge in [0.25, 0.3) is 0 Å². The fourth-order valence-corrected chi connectivity index (χ4v) is 2.33. The molecule has 1 saturated heterocycles. The first-order valence-electron chi connectivity index (χ1n) is 7.99. The van der Waals surface area contributed by atoms with E-state index in [4.69, 9.17) is 5.11 Å². The fraction of sp³-hybridized carbons (Fsp3) is 0.471. The molecule has 7 nitrogen and oxygen atoms in total. The molecule has 130 valence electrons. The Balaban J connectivity index is 2.00. The van der Waals surface area contributed by atoms with Crippen LogP contribution in [0.5, 0.6) is 0 Å². The molecule has 0 unspecified atom stereocenters. The Bertz CT molecular complexity index is 603. The monoisotopic (exact) mass is 333 g/mol. The lowest BCUT2D eigenvalue weighted by atomic mass is 10.0. The molecule has 2 rings (SSSR count). The molecule has 1 aromatic rings. The zero-order valence-corrected chi connectivity index (χ0v) is 13.8. The molecule has 2 amide bonds. The molecule has 4 N–H and O–H groups in total.